The van der Waals surface area contributed by atoms with Crippen molar-refractivity contribution in [1.82, 2.24) is 5.32 Å². The molecular formula is C17H19Cl2NS. The van der Waals surface area contributed by atoms with Gasteiger partial charge in [0, 0.05) is 16.7 Å². The minimum absolute atomic E-state index is 0.375. The van der Waals surface area contributed by atoms with Gasteiger partial charge in [-0.2, -0.15) is 0 Å². The maximum absolute atomic E-state index is 6.05. The van der Waals surface area contributed by atoms with Gasteiger partial charge in [0.25, 0.3) is 0 Å². The summed E-state index contributed by atoms with van der Waals surface area (Å²) in [7, 11) is 0. The van der Waals surface area contributed by atoms with Crippen molar-refractivity contribution in [1.29, 1.82) is 0 Å². The van der Waals surface area contributed by atoms with Crippen LogP contribution in [0.3, 0.4) is 0 Å². The Labute approximate surface area is 141 Å². The summed E-state index contributed by atoms with van der Waals surface area (Å²) in [6, 6.07) is 14.8. The quantitative estimate of drug-likeness (QED) is 0.652. The molecule has 1 atom stereocenters. The van der Waals surface area contributed by atoms with Crippen molar-refractivity contribution in [3.63, 3.8) is 0 Å². The summed E-state index contributed by atoms with van der Waals surface area (Å²) in [5, 5.41) is 4.65. The van der Waals surface area contributed by atoms with Gasteiger partial charge in [0.2, 0.25) is 0 Å². The zero-order valence-electron chi connectivity index (χ0n) is 12.2. The lowest BCUT2D eigenvalue weighted by molar-refractivity contribution is 0.597. The minimum atomic E-state index is 0.375. The molecule has 1 unspecified atom stereocenters. The molecular weight excluding hydrogens is 321 g/mol. The van der Waals surface area contributed by atoms with Crippen LogP contribution < -0.4 is 5.32 Å². The van der Waals surface area contributed by atoms with Gasteiger partial charge in [0.05, 0.1) is 10.0 Å². The standard InChI is InChI=1S/C17H19Cl2NS/c1-3-20-12(2)14-5-4-6-15(10-14)21-11-13-7-8-16(18)17(19)9-13/h4-10,12,20H,3,11H2,1-2H3. The molecule has 4 heteroatoms. The molecule has 0 amide bonds. The van der Waals surface area contributed by atoms with E-state index in [9.17, 15) is 0 Å². The van der Waals surface area contributed by atoms with Gasteiger partial charge in [-0.15, -0.1) is 11.8 Å². The first-order chi connectivity index (χ1) is 10.1. The highest BCUT2D eigenvalue weighted by Crippen LogP contribution is 2.28. The molecule has 0 aliphatic carbocycles. The molecule has 2 aromatic carbocycles. The Morgan fingerprint density at radius 3 is 2.62 bits per heavy atom. The predicted octanol–water partition coefficient (Wildman–Crippen LogP) is 5.96. The molecule has 21 heavy (non-hydrogen) atoms. The summed E-state index contributed by atoms with van der Waals surface area (Å²) >= 11 is 13.8. The molecule has 0 radical (unpaired) electrons. The van der Waals surface area contributed by atoms with Crippen LogP contribution in [-0.4, -0.2) is 6.54 Å². The van der Waals surface area contributed by atoms with Crippen LogP contribution in [0.1, 0.15) is 31.0 Å². The highest BCUT2D eigenvalue weighted by molar-refractivity contribution is 7.98. The zero-order chi connectivity index (χ0) is 15.2. The van der Waals surface area contributed by atoms with Gasteiger partial charge >= 0.3 is 0 Å². The second-order valence-electron chi connectivity index (χ2n) is 4.89. The van der Waals surface area contributed by atoms with Crippen molar-refractivity contribution < 1.29 is 0 Å². The largest absolute Gasteiger partial charge is 0.310 e. The maximum atomic E-state index is 6.05. The summed E-state index contributed by atoms with van der Waals surface area (Å²) in [6.07, 6.45) is 0. The van der Waals surface area contributed by atoms with E-state index in [1.165, 1.54) is 16.0 Å². The van der Waals surface area contributed by atoms with Gasteiger partial charge in [-0.1, -0.05) is 48.3 Å². The van der Waals surface area contributed by atoms with E-state index >= 15 is 0 Å². The molecule has 0 saturated carbocycles. The van der Waals surface area contributed by atoms with Crippen LogP contribution in [0.4, 0.5) is 0 Å². The van der Waals surface area contributed by atoms with Crippen LogP contribution in [0.15, 0.2) is 47.4 Å². The Kier molecular flexibility index (Phi) is 6.43. The first-order valence-electron chi connectivity index (χ1n) is 7.00. The van der Waals surface area contributed by atoms with Crippen LogP contribution in [0.25, 0.3) is 0 Å². The van der Waals surface area contributed by atoms with Crippen LogP contribution in [0.5, 0.6) is 0 Å². The van der Waals surface area contributed by atoms with E-state index in [-0.39, 0.29) is 0 Å². The van der Waals surface area contributed by atoms with Crippen LogP contribution in [0, 0.1) is 0 Å². The lowest BCUT2D eigenvalue weighted by Gasteiger charge is -2.13. The molecule has 1 nitrogen and oxygen atoms in total. The summed E-state index contributed by atoms with van der Waals surface area (Å²) in [5.74, 6) is 0.885. The number of nitrogens with one attached hydrogen (secondary N) is 1. The van der Waals surface area contributed by atoms with Crippen molar-refractivity contribution in [2.24, 2.45) is 0 Å². The van der Waals surface area contributed by atoms with Crippen molar-refractivity contribution >= 4 is 35.0 Å². The fraction of sp³-hybridized carbons (Fsp3) is 0.294. The number of thioether (sulfide) groups is 1. The lowest BCUT2D eigenvalue weighted by Crippen LogP contribution is -2.17. The third-order valence-electron chi connectivity index (χ3n) is 3.26. The van der Waals surface area contributed by atoms with E-state index in [1.54, 1.807) is 0 Å². The first kappa shape index (κ1) is 16.7. The summed E-state index contributed by atoms with van der Waals surface area (Å²) in [6.45, 7) is 5.29. The Hall–Kier alpha value is -0.670. The van der Waals surface area contributed by atoms with Gasteiger partial charge < -0.3 is 5.32 Å². The number of hydrogen-bond acceptors (Lipinski definition) is 2. The van der Waals surface area contributed by atoms with Crippen molar-refractivity contribution in [3.05, 3.63) is 63.6 Å². The topological polar surface area (TPSA) is 12.0 Å². The second-order valence-corrected chi connectivity index (χ2v) is 6.75. The number of benzene rings is 2. The molecule has 2 rings (SSSR count). The lowest BCUT2D eigenvalue weighted by atomic mass is 10.1. The van der Waals surface area contributed by atoms with Gasteiger partial charge in [-0.3, -0.25) is 0 Å². The summed E-state index contributed by atoms with van der Waals surface area (Å²) in [5.41, 5.74) is 2.50. The van der Waals surface area contributed by atoms with Gasteiger partial charge in [-0.25, -0.2) is 0 Å². The van der Waals surface area contributed by atoms with Crippen LogP contribution in [-0.2, 0) is 5.75 Å². The Morgan fingerprint density at radius 2 is 1.90 bits per heavy atom. The fourth-order valence-corrected chi connectivity index (χ4v) is 3.32. The monoisotopic (exact) mass is 339 g/mol. The normalized spacial score (nSPS) is 12.4. The molecule has 0 fully saturated rings. The third-order valence-corrected chi connectivity index (χ3v) is 5.06. The van der Waals surface area contributed by atoms with Crippen molar-refractivity contribution in [2.75, 3.05) is 6.54 Å². The van der Waals surface area contributed by atoms with E-state index < -0.39 is 0 Å². The smallest absolute Gasteiger partial charge is 0.0595 e. The maximum Gasteiger partial charge on any atom is 0.0595 e. The highest BCUT2D eigenvalue weighted by atomic mass is 35.5. The molecule has 0 bridgehead atoms. The Balaban J connectivity index is 2.02. The third kappa shape index (κ3) is 4.93. The summed E-state index contributed by atoms with van der Waals surface area (Å²) in [4.78, 5) is 1.27. The average Bonchev–Trinajstić information content (AvgIpc) is 2.49. The van der Waals surface area contributed by atoms with E-state index in [0.717, 1.165) is 12.3 Å². The van der Waals surface area contributed by atoms with E-state index in [2.05, 4.69) is 43.4 Å². The Morgan fingerprint density at radius 1 is 1.10 bits per heavy atom. The fourth-order valence-electron chi connectivity index (χ4n) is 2.09. The van der Waals surface area contributed by atoms with Crippen molar-refractivity contribution in [2.45, 2.75) is 30.5 Å². The number of rotatable bonds is 6. The molecule has 0 aliphatic rings. The Bertz CT molecular complexity index is 601. The zero-order valence-corrected chi connectivity index (χ0v) is 14.5. The number of halogens is 2. The average molecular weight is 340 g/mol. The molecule has 0 aromatic heterocycles. The number of hydrogen-bond donors (Lipinski definition) is 1. The van der Waals surface area contributed by atoms with Gasteiger partial charge in [0.15, 0.2) is 0 Å². The van der Waals surface area contributed by atoms with E-state index in [0.29, 0.717) is 16.1 Å². The van der Waals surface area contributed by atoms with Gasteiger partial charge in [0.1, 0.15) is 0 Å². The predicted molar refractivity (Wildman–Crippen MR) is 94.6 cm³/mol. The molecule has 0 saturated heterocycles. The van der Waals surface area contributed by atoms with E-state index in [4.69, 9.17) is 23.2 Å². The summed E-state index contributed by atoms with van der Waals surface area (Å²) < 4.78 is 0. The van der Waals surface area contributed by atoms with Crippen LogP contribution in [0.2, 0.25) is 10.0 Å². The molecule has 112 valence electrons. The van der Waals surface area contributed by atoms with Crippen molar-refractivity contribution in [3.8, 4) is 0 Å². The minimum Gasteiger partial charge on any atom is -0.310 e. The molecule has 1 N–H and O–H groups in total. The van der Waals surface area contributed by atoms with Crippen LogP contribution >= 0.6 is 35.0 Å². The first-order valence-corrected chi connectivity index (χ1v) is 8.74. The SMILES string of the molecule is CCNC(C)c1cccc(SCc2ccc(Cl)c(Cl)c2)c1. The molecule has 0 spiro atoms. The molecule has 2 aromatic rings. The molecule has 0 heterocycles. The molecule has 0 aliphatic heterocycles. The van der Waals surface area contributed by atoms with Gasteiger partial charge in [-0.05, 0) is 48.9 Å². The van der Waals surface area contributed by atoms with E-state index in [1.807, 2.05) is 30.0 Å². The highest BCUT2D eigenvalue weighted by Gasteiger charge is 2.05. The second kappa shape index (κ2) is 8.09.